The number of morpholine rings is 1. The minimum atomic E-state index is 0.235. The number of aromatic nitrogens is 2. The molecular weight excluding hydrogens is 204 g/mol. The van der Waals surface area contributed by atoms with E-state index in [4.69, 9.17) is 10.5 Å². The summed E-state index contributed by atoms with van der Waals surface area (Å²) in [6.45, 7) is 7.84. The predicted octanol–water partition coefficient (Wildman–Crippen LogP) is 0.924. The van der Waals surface area contributed by atoms with E-state index in [0.717, 1.165) is 30.3 Å². The fourth-order valence-corrected chi connectivity index (χ4v) is 2.39. The van der Waals surface area contributed by atoms with Crippen molar-refractivity contribution in [3.63, 3.8) is 0 Å². The van der Waals surface area contributed by atoms with Crippen LogP contribution in [0.25, 0.3) is 0 Å². The maximum atomic E-state index is 6.06. The monoisotopic (exact) mass is 224 g/mol. The molecule has 5 heteroatoms. The number of hydrogen-bond acceptors (Lipinski definition) is 4. The Kier molecular flexibility index (Phi) is 2.80. The van der Waals surface area contributed by atoms with Gasteiger partial charge in [-0.25, -0.2) is 0 Å². The summed E-state index contributed by atoms with van der Waals surface area (Å²) in [5.74, 6) is 1.01. The SMILES string of the molecule is Cc1nn(C)c(N2CC(C)OC(C)C2)c1N. The van der Waals surface area contributed by atoms with Gasteiger partial charge >= 0.3 is 0 Å². The van der Waals surface area contributed by atoms with Crippen LogP contribution >= 0.6 is 0 Å². The fourth-order valence-electron chi connectivity index (χ4n) is 2.39. The van der Waals surface area contributed by atoms with E-state index in [-0.39, 0.29) is 12.2 Å². The third-order valence-electron chi connectivity index (χ3n) is 2.96. The van der Waals surface area contributed by atoms with Crippen LogP contribution < -0.4 is 10.6 Å². The summed E-state index contributed by atoms with van der Waals surface area (Å²) in [7, 11) is 1.93. The van der Waals surface area contributed by atoms with Gasteiger partial charge in [0, 0.05) is 20.1 Å². The first-order valence-electron chi connectivity index (χ1n) is 5.68. The van der Waals surface area contributed by atoms with Gasteiger partial charge in [0.25, 0.3) is 0 Å². The van der Waals surface area contributed by atoms with E-state index in [2.05, 4.69) is 23.8 Å². The van der Waals surface area contributed by atoms with Gasteiger partial charge < -0.3 is 15.4 Å². The highest BCUT2D eigenvalue weighted by Gasteiger charge is 2.26. The Labute approximate surface area is 96.2 Å². The molecule has 0 aliphatic carbocycles. The lowest BCUT2D eigenvalue weighted by Crippen LogP contribution is -2.46. The zero-order valence-electron chi connectivity index (χ0n) is 10.4. The first kappa shape index (κ1) is 11.3. The van der Waals surface area contributed by atoms with Crippen molar-refractivity contribution < 1.29 is 4.74 Å². The highest BCUT2D eigenvalue weighted by molar-refractivity contribution is 5.66. The van der Waals surface area contributed by atoms with Crippen LogP contribution in [0.2, 0.25) is 0 Å². The molecule has 2 atom stereocenters. The third-order valence-corrected chi connectivity index (χ3v) is 2.96. The Morgan fingerprint density at radius 1 is 1.31 bits per heavy atom. The topological polar surface area (TPSA) is 56.3 Å². The lowest BCUT2D eigenvalue weighted by molar-refractivity contribution is -0.00560. The van der Waals surface area contributed by atoms with Crippen molar-refractivity contribution in [1.29, 1.82) is 0 Å². The van der Waals surface area contributed by atoms with Crippen LogP contribution in [0.15, 0.2) is 0 Å². The number of aryl methyl sites for hydroxylation is 2. The summed E-state index contributed by atoms with van der Waals surface area (Å²) in [4.78, 5) is 2.26. The quantitative estimate of drug-likeness (QED) is 0.771. The summed E-state index contributed by atoms with van der Waals surface area (Å²) in [5.41, 5.74) is 7.73. The van der Waals surface area contributed by atoms with Crippen LogP contribution in [-0.2, 0) is 11.8 Å². The predicted molar refractivity (Wildman–Crippen MR) is 64.6 cm³/mol. The van der Waals surface area contributed by atoms with Gasteiger partial charge in [-0.15, -0.1) is 0 Å². The molecule has 0 radical (unpaired) electrons. The van der Waals surface area contributed by atoms with Crippen LogP contribution in [0.1, 0.15) is 19.5 Å². The lowest BCUT2D eigenvalue weighted by Gasteiger charge is -2.36. The molecule has 2 unspecified atom stereocenters. The van der Waals surface area contributed by atoms with E-state index in [1.54, 1.807) is 0 Å². The van der Waals surface area contributed by atoms with Crippen molar-refractivity contribution in [3.05, 3.63) is 5.69 Å². The Hall–Kier alpha value is -1.23. The maximum Gasteiger partial charge on any atom is 0.150 e. The van der Waals surface area contributed by atoms with Gasteiger partial charge in [-0.2, -0.15) is 5.10 Å². The summed E-state index contributed by atoms with van der Waals surface area (Å²) >= 11 is 0. The number of nitrogens with two attached hydrogens (primary N) is 1. The van der Waals surface area contributed by atoms with Crippen molar-refractivity contribution in [2.24, 2.45) is 7.05 Å². The zero-order valence-corrected chi connectivity index (χ0v) is 10.4. The molecule has 1 aromatic heterocycles. The van der Waals surface area contributed by atoms with E-state index in [1.165, 1.54) is 0 Å². The molecule has 1 aliphatic heterocycles. The molecule has 0 spiro atoms. The first-order chi connectivity index (χ1) is 7.49. The Morgan fingerprint density at radius 3 is 2.31 bits per heavy atom. The average molecular weight is 224 g/mol. The molecule has 2 N–H and O–H groups in total. The smallest absolute Gasteiger partial charge is 0.150 e. The van der Waals surface area contributed by atoms with Gasteiger partial charge in [0.05, 0.1) is 23.6 Å². The van der Waals surface area contributed by atoms with Crippen LogP contribution in [-0.4, -0.2) is 35.1 Å². The number of anilines is 2. The average Bonchev–Trinajstić information content (AvgIpc) is 2.39. The standard InChI is InChI=1S/C11H20N4O/c1-7-5-15(6-8(2)16-7)11-10(12)9(3)13-14(11)4/h7-8H,5-6,12H2,1-4H3. The van der Waals surface area contributed by atoms with Crippen LogP contribution in [0.3, 0.4) is 0 Å². The third kappa shape index (κ3) is 1.87. The first-order valence-corrected chi connectivity index (χ1v) is 5.68. The lowest BCUT2D eigenvalue weighted by atomic mass is 10.2. The molecule has 90 valence electrons. The Balaban J connectivity index is 2.29. The minimum Gasteiger partial charge on any atom is -0.394 e. The van der Waals surface area contributed by atoms with Crippen LogP contribution in [0, 0.1) is 6.92 Å². The summed E-state index contributed by atoms with van der Waals surface area (Å²) in [6.07, 6.45) is 0.469. The number of nitrogen functional groups attached to an aromatic ring is 1. The molecule has 1 aromatic rings. The van der Waals surface area contributed by atoms with Crippen molar-refractivity contribution in [2.75, 3.05) is 23.7 Å². The number of nitrogens with zero attached hydrogens (tertiary/aromatic N) is 3. The van der Waals surface area contributed by atoms with Gasteiger partial charge in [0.1, 0.15) is 0 Å². The second kappa shape index (κ2) is 3.97. The van der Waals surface area contributed by atoms with E-state index < -0.39 is 0 Å². The van der Waals surface area contributed by atoms with Gasteiger partial charge in [-0.05, 0) is 20.8 Å². The molecule has 0 bridgehead atoms. The van der Waals surface area contributed by atoms with Crippen molar-refractivity contribution in [1.82, 2.24) is 9.78 Å². The van der Waals surface area contributed by atoms with Gasteiger partial charge in [-0.3, -0.25) is 4.68 Å². The molecule has 5 nitrogen and oxygen atoms in total. The molecule has 1 aliphatic rings. The van der Waals surface area contributed by atoms with Crippen molar-refractivity contribution in [2.45, 2.75) is 33.0 Å². The second-order valence-electron chi connectivity index (χ2n) is 4.61. The van der Waals surface area contributed by atoms with E-state index in [9.17, 15) is 0 Å². The largest absolute Gasteiger partial charge is 0.394 e. The second-order valence-corrected chi connectivity index (χ2v) is 4.61. The Morgan fingerprint density at radius 2 is 1.88 bits per heavy atom. The fraction of sp³-hybridized carbons (Fsp3) is 0.727. The van der Waals surface area contributed by atoms with Crippen LogP contribution in [0.5, 0.6) is 0 Å². The molecule has 1 saturated heterocycles. The van der Waals surface area contributed by atoms with E-state index in [0.29, 0.717) is 0 Å². The minimum absolute atomic E-state index is 0.235. The summed E-state index contributed by atoms with van der Waals surface area (Å²) in [6, 6.07) is 0. The molecule has 16 heavy (non-hydrogen) atoms. The van der Waals surface area contributed by atoms with Crippen molar-refractivity contribution >= 4 is 11.5 Å². The van der Waals surface area contributed by atoms with Gasteiger partial charge in [0.15, 0.2) is 5.82 Å². The molecular formula is C11H20N4O. The molecule has 0 amide bonds. The molecule has 1 fully saturated rings. The Bertz CT molecular complexity index is 378. The number of ether oxygens (including phenoxy) is 1. The molecule has 0 aromatic carbocycles. The summed E-state index contributed by atoms with van der Waals surface area (Å²) in [5, 5.41) is 4.35. The highest BCUT2D eigenvalue weighted by Crippen LogP contribution is 2.28. The number of hydrogen-bond donors (Lipinski definition) is 1. The molecule has 0 saturated carbocycles. The molecule has 2 rings (SSSR count). The molecule has 2 heterocycles. The normalized spacial score (nSPS) is 26.1. The highest BCUT2D eigenvalue weighted by atomic mass is 16.5. The van der Waals surface area contributed by atoms with Gasteiger partial charge in [0.2, 0.25) is 0 Å². The zero-order chi connectivity index (χ0) is 11.9. The van der Waals surface area contributed by atoms with E-state index >= 15 is 0 Å². The van der Waals surface area contributed by atoms with Gasteiger partial charge in [-0.1, -0.05) is 0 Å². The maximum absolute atomic E-state index is 6.06. The number of rotatable bonds is 1. The summed E-state index contributed by atoms with van der Waals surface area (Å²) < 4.78 is 7.57. The van der Waals surface area contributed by atoms with E-state index in [1.807, 2.05) is 18.7 Å². The van der Waals surface area contributed by atoms with Crippen molar-refractivity contribution in [3.8, 4) is 0 Å². The van der Waals surface area contributed by atoms with Crippen LogP contribution in [0.4, 0.5) is 11.5 Å².